The molecule has 0 saturated carbocycles. The van der Waals surface area contributed by atoms with Gasteiger partial charge in [-0.3, -0.25) is 0 Å². The third-order valence-electron chi connectivity index (χ3n) is 12.3. The predicted molar refractivity (Wildman–Crippen MR) is 227 cm³/mol. The Morgan fingerprint density at radius 1 is 0.340 bits per heavy atom. The summed E-state index contributed by atoms with van der Waals surface area (Å²) in [7, 11) is 0. The Morgan fingerprint density at radius 2 is 1.00 bits per heavy atom. The minimum absolute atomic E-state index is 0.934. The van der Waals surface area contributed by atoms with Crippen LogP contribution >= 0.6 is 0 Å². The summed E-state index contributed by atoms with van der Waals surface area (Å²) in [6, 6.07) is 59.2. The Balaban J connectivity index is 1.12. The zero-order valence-corrected chi connectivity index (χ0v) is 28.7. The number of aromatic nitrogens is 1. The Kier molecular flexibility index (Phi) is 5.19. The van der Waals surface area contributed by atoms with E-state index in [2.05, 4.69) is 168 Å². The van der Waals surface area contributed by atoms with Crippen molar-refractivity contribution in [2.75, 3.05) is 5.32 Å². The molecule has 0 spiro atoms. The molecule has 0 unspecified atom stereocenters. The molecule has 11 aromatic carbocycles. The zero-order chi connectivity index (χ0) is 34.4. The van der Waals surface area contributed by atoms with Crippen LogP contribution in [0.1, 0.15) is 11.1 Å². The molecule has 244 valence electrons. The number of hydrogen-bond donors (Lipinski definition) is 2. The summed E-state index contributed by atoms with van der Waals surface area (Å²) in [5.41, 5.74) is 9.97. The van der Waals surface area contributed by atoms with Gasteiger partial charge in [0.05, 0.1) is 5.52 Å². The molecule has 2 heterocycles. The van der Waals surface area contributed by atoms with E-state index in [1.807, 2.05) is 0 Å². The van der Waals surface area contributed by atoms with Crippen molar-refractivity contribution < 1.29 is 0 Å². The molecule has 0 radical (unpaired) electrons. The van der Waals surface area contributed by atoms with E-state index in [-0.39, 0.29) is 0 Å². The van der Waals surface area contributed by atoms with E-state index in [9.17, 15) is 0 Å². The molecular formula is C51H30N2. The van der Waals surface area contributed by atoms with Crippen molar-refractivity contribution in [2.24, 2.45) is 0 Å². The van der Waals surface area contributed by atoms with Crippen LogP contribution in [-0.2, 0) is 6.42 Å². The lowest BCUT2D eigenvalue weighted by atomic mass is 9.86. The molecule has 0 saturated heterocycles. The van der Waals surface area contributed by atoms with Gasteiger partial charge in [0.1, 0.15) is 0 Å². The maximum atomic E-state index is 3.78. The average molecular weight is 671 g/mol. The minimum Gasteiger partial charge on any atom is -0.355 e. The number of rotatable bonds is 1. The summed E-state index contributed by atoms with van der Waals surface area (Å²) < 4.78 is 0. The predicted octanol–water partition coefficient (Wildman–Crippen LogP) is 14.1. The van der Waals surface area contributed by atoms with Crippen LogP contribution in [-0.4, -0.2) is 4.98 Å². The van der Waals surface area contributed by atoms with Crippen molar-refractivity contribution in [3.05, 3.63) is 169 Å². The molecule has 1 aliphatic heterocycles. The van der Waals surface area contributed by atoms with Crippen LogP contribution in [0.5, 0.6) is 0 Å². The van der Waals surface area contributed by atoms with Crippen LogP contribution in [0.4, 0.5) is 11.4 Å². The monoisotopic (exact) mass is 670 g/mol. The van der Waals surface area contributed by atoms with E-state index in [4.69, 9.17) is 0 Å². The highest BCUT2D eigenvalue weighted by atomic mass is 14.9. The third kappa shape index (κ3) is 3.67. The fourth-order valence-corrected chi connectivity index (χ4v) is 9.90. The number of anilines is 2. The Bertz CT molecular complexity index is 3570. The fourth-order valence-electron chi connectivity index (χ4n) is 9.90. The summed E-state index contributed by atoms with van der Waals surface area (Å²) in [5.74, 6) is 0. The lowest BCUT2D eigenvalue weighted by molar-refractivity contribution is 1.17. The first-order valence-electron chi connectivity index (χ1n) is 18.6. The molecule has 0 aliphatic carbocycles. The van der Waals surface area contributed by atoms with Gasteiger partial charge in [-0.05, 0) is 141 Å². The number of fused-ring (bicyclic) bond motifs is 14. The highest BCUT2D eigenvalue weighted by Gasteiger charge is 2.20. The molecule has 2 nitrogen and oxygen atoms in total. The maximum absolute atomic E-state index is 3.78. The second-order valence-corrected chi connectivity index (χ2v) is 15.0. The van der Waals surface area contributed by atoms with E-state index >= 15 is 0 Å². The zero-order valence-electron chi connectivity index (χ0n) is 28.7. The SMILES string of the molecule is c1ccc2c(c1)Cc1cc3c4ccccc4c4ccc(-c5cc6cccc7c8cccc9c%10[nH]c%11ccccc%11c%10cc(c(c5)c67)c89)cc4c3cc1N2. The largest absolute Gasteiger partial charge is 0.355 e. The van der Waals surface area contributed by atoms with Gasteiger partial charge in [0.25, 0.3) is 0 Å². The van der Waals surface area contributed by atoms with E-state index < -0.39 is 0 Å². The second-order valence-electron chi connectivity index (χ2n) is 15.0. The molecule has 0 atom stereocenters. The first-order chi connectivity index (χ1) is 26.2. The molecule has 2 heteroatoms. The van der Waals surface area contributed by atoms with Gasteiger partial charge >= 0.3 is 0 Å². The Labute approximate surface area is 304 Å². The molecule has 0 amide bonds. The summed E-state index contributed by atoms with van der Waals surface area (Å²) in [5, 5.41) is 24.6. The van der Waals surface area contributed by atoms with Crippen LogP contribution in [0.15, 0.2) is 158 Å². The van der Waals surface area contributed by atoms with E-state index in [0.717, 1.165) is 6.42 Å². The fraction of sp³-hybridized carbons (Fsp3) is 0.0196. The maximum Gasteiger partial charge on any atom is 0.0545 e. The van der Waals surface area contributed by atoms with Crippen molar-refractivity contribution in [3.8, 4) is 11.1 Å². The van der Waals surface area contributed by atoms with Crippen LogP contribution in [0.2, 0.25) is 0 Å². The molecule has 53 heavy (non-hydrogen) atoms. The molecule has 1 aliphatic rings. The first-order valence-corrected chi connectivity index (χ1v) is 18.6. The Hall–Kier alpha value is -6.90. The van der Waals surface area contributed by atoms with Gasteiger partial charge in [0, 0.05) is 39.5 Å². The average Bonchev–Trinajstić information content (AvgIpc) is 3.60. The lowest BCUT2D eigenvalue weighted by Crippen LogP contribution is -2.06. The van der Waals surface area contributed by atoms with Crippen LogP contribution < -0.4 is 5.32 Å². The summed E-state index contributed by atoms with van der Waals surface area (Å²) >= 11 is 0. The number of para-hydroxylation sites is 2. The number of nitrogens with one attached hydrogen (secondary N) is 2. The van der Waals surface area contributed by atoms with E-state index in [1.165, 1.54) is 131 Å². The normalized spacial score (nSPS) is 13.0. The minimum atomic E-state index is 0.934. The van der Waals surface area contributed by atoms with Gasteiger partial charge in [0.15, 0.2) is 0 Å². The number of H-pyrrole nitrogens is 1. The van der Waals surface area contributed by atoms with E-state index in [1.54, 1.807) is 0 Å². The molecular weight excluding hydrogens is 641 g/mol. The van der Waals surface area contributed by atoms with Crippen LogP contribution in [0.3, 0.4) is 0 Å². The molecule has 1 aromatic heterocycles. The second kappa shape index (κ2) is 9.91. The molecule has 0 bridgehead atoms. The van der Waals surface area contributed by atoms with Crippen molar-refractivity contribution in [3.63, 3.8) is 0 Å². The van der Waals surface area contributed by atoms with Crippen molar-refractivity contribution in [2.45, 2.75) is 6.42 Å². The first kappa shape index (κ1) is 27.8. The van der Waals surface area contributed by atoms with Crippen molar-refractivity contribution in [1.82, 2.24) is 4.98 Å². The number of hydrogen-bond acceptors (Lipinski definition) is 1. The van der Waals surface area contributed by atoms with Gasteiger partial charge < -0.3 is 10.3 Å². The standard InChI is InChI=1S/C51H30N2/c1-5-17-46-29(9-1)21-32-25-41-34-12-3-2-11-33(34)35-20-19-28(23-40(35)42(41)27-48(32)52-46)31-22-30-10-7-14-37-38-15-8-16-39-50(38)44(43(24-31)49(30)37)26-45-36-13-4-6-18-47(36)53-51(39)45/h1-20,22-27,52-53H,21H2. The number of benzene rings is 11. The summed E-state index contributed by atoms with van der Waals surface area (Å²) in [4.78, 5) is 3.77. The smallest absolute Gasteiger partial charge is 0.0545 e. The highest BCUT2D eigenvalue weighted by molar-refractivity contribution is 6.38. The number of aromatic amines is 1. The lowest BCUT2D eigenvalue weighted by Gasteiger charge is -2.23. The topological polar surface area (TPSA) is 27.8 Å². The van der Waals surface area contributed by atoms with Gasteiger partial charge in [-0.1, -0.05) is 109 Å². The van der Waals surface area contributed by atoms with Gasteiger partial charge in [0.2, 0.25) is 0 Å². The molecule has 0 fully saturated rings. The molecule has 13 rings (SSSR count). The summed E-state index contributed by atoms with van der Waals surface area (Å²) in [6.45, 7) is 0. The van der Waals surface area contributed by atoms with Gasteiger partial charge in [-0.2, -0.15) is 0 Å². The quantitative estimate of drug-likeness (QED) is 0.132. The Morgan fingerprint density at radius 3 is 1.92 bits per heavy atom. The van der Waals surface area contributed by atoms with Gasteiger partial charge in [-0.15, -0.1) is 0 Å². The van der Waals surface area contributed by atoms with E-state index in [0.29, 0.717) is 0 Å². The highest BCUT2D eigenvalue weighted by Crippen LogP contribution is 2.47. The third-order valence-corrected chi connectivity index (χ3v) is 12.3. The summed E-state index contributed by atoms with van der Waals surface area (Å²) in [6.07, 6.45) is 0.934. The van der Waals surface area contributed by atoms with Crippen molar-refractivity contribution >= 4 is 109 Å². The van der Waals surface area contributed by atoms with Crippen LogP contribution in [0, 0.1) is 0 Å². The van der Waals surface area contributed by atoms with Crippen molar-refractivity contribution in [1.29, 1.82) is 0 Å². The van der Waals surface area contributed by atoms with Crippen LogP contribution in [0.25, 0.3) is 108 Å². The van der Waals surface area contributed by atoms with Gasteiger partial charge in [-0.25, -0.2) is 0 Å². The molecule has 12 aromatic rings. The molecule has 2 N–H and O–H groups in total.